The smallest absolute Gasteiger partial charge is 0.303 e. The van der Waals surface area contributed by atoms with E-state index in [0.29, 0.717) is 12.6 Å². The maximum Gasteiger partial charge on any atom is 0.469 e. The van der Waals surface area contributed by atoms with Crippen LogP contribution in [0.3, 0.4) is 0 Å². The van der Waals surface area contributed by atoms with E-state index in [9.17, 15) is 4.57 Å². The first-order chi connectivity index (χ1) is 7.53. The van der Waals surface area contributed by atoms with Crippen molar-refractivity contribution in [3.63, 3.8) is 0 Å². The summed E-state index contributed by atoms with van der Waals surface area (Å²) < 4.78 is 15.0. The lowest BCUT2D eigenvalue weighted by Gasteiger charge is -2.33. The molecule has 2 N–H and O–H groups in total. The Balaban J connectivity index is 2.28. The molecule has 0 aromatic heterocycles. The van der Waals surface area contributed by atoms with Crippen molar-refractivity contribution in [2.45, 2.75) is 45.1 Å². The van der Waals surface area contributed by atoms with E-state index in [0.717, 1.165) is 6.54 Å². The summed E-state index contributed by atoms with van der Waals surface area (Å²) in [4.78, 5) is 19.4. The maximum atomic E-state index is 10.5. The Hall–Kier alpha value is 0.0700. The van der Waals surface area contributed by atoms with Gasteiger partial charge in [-0.1, -0.05) is 26.2 Å². The van der Waals surface area contributed by atoms with E-state index in [1.165, 1.54) is 32.1 Å². The summed E-state index contributed by atoms with van der Waals surface area (Å²) in [7, 11) is -4.30. The minimum atomic E-state index is -4.30. The van der Waals surface area contributed by atoms with Gasteiger partial charge in [0.2, 0.25) is 0 Å². The van der Waals surface area contributed by atoms with Crippen LogP contribution in [0.15, 0.2) is 0 Å². The molecule has 1 aliphatic rings. The third-order valence-electron chi connectivity index (χ3n) is 3.14. The molecular weight excluding hydrogens is 229 g/mol. The molecule has 0 heterocycles. The monoisotopic (exact) mass is 251 g/mol. The van der Waals surface area contributed by atoms with E-state index in [1.54, 1.807) is 0 Å². The van der Waals surface area contributed by atoms with Gasteiger partial charge >= 0.3 is 7.82 Å². The van der Waals surface area contributed by atoms with Crippen molar-refractivity contribution in [1.82, 2.24) is 4.90 Å². The highest BCUT2D eigenvalue weighted by Gasteiger charge is 2.21. The molecule has 0 aromatic rings. The molecule has 0 aromatic carbocycles. The Bertz CT molecular complexity index is 237. The van der Waals surface area contributed by atoms with Gasteiger partial charge in [-0.05, 0) is 19.4 Å². The summed E-state index contributed by atoms with van der Waals surface area (Å²) in [5.74, 6) is 0. The van der Waals surface area contributed by atoms with Gasteiger partial charge in [0, 0.05) is 12.6 Å². The van der Waals surface area contributed by atoms with Gasteiger partial charge in [0.25, 0.3) is 0 Å². The van der Waals surface area contributed by atoms with Crippen LogP contribution in [0, 0.1) is 0 Å². The van der Waals surface area contributed by atoms with Crippen LogP contribution in [0.1, 0.15) is 39.0 Å². The van der Waals surface area contributed by atoms with Crippen LogP contribution in [-0.4, -0.2) is 40.4 Å². The number of hydrogen-bond donors (Lipinski definition) is 2. The molecule has 6 heteroatoms. The van der Waals surface area contributed by atoms with E-state index in [4.69, 9.17) is 9.79 Å². The second kappa shape index (κ2) is 6.72. The predicted octanol–water partition coefficient (Wildman–Crippen LogP) is 1.75. The molecule has 0 unspecified atom stereocenters. The van der Waals surface area contributed by atoms with Crippen LogP contribution in [0.4, 0.5) is 0 Å². The number of rotatable bonds is 6. The van der Waals surface area contributed by atoms with Gasteiger partial charge in [-0.25, -0.2) is 4.57 Å². The summed E-state index contributed by atoms with van der Waals surface area (Å²) in [6.07, 6.45) is 6.24. The fraction of sp³-hybridized carbons (Fsp3) is 1.00. The normalized spacial score (nSPS) is 19.2. The Morgan fingerprint density at radius 1 is 1.31 bits per heavy atom. The third-order valence-corrected chi connectivity index (χ3v) is 3.65. The zero-order valence-corrected chi connectivity index (χ0v) is 10.7. The lowest BCUT2D eigenvalue weighted by atomic mass is 9.94. The summed E-state index contributed by atoms with van der Waals surface area (Å²) >= 11 is 0. The molecule has 0 spiro atoms. The summed E-state index contributed by atoms with van der Waals surface area (Å²) in [6, 6.07) is 0.569. The van der Waals surface area contributed by atoms with E-state index in [1.807, 2.05) is 0 Å². The fourth-order valence-corrected chi connectivity index (χ4v) is 2.64. The molecule has 0 bridgehead atoms. The molecule has 1 fully saturated rings. The van der Waals surface area contributed by atoms with Gasteiger partial charge in [0.15, 0.2) is 0 Å². The van der Waals surface area contributed by atoms with Crippen LogP contribution >= 0.6 is 7.82 Å². The highest BCUT2D eigenvalue weighted by molar-refractivity contribution is 7.46. The third kappa shape index (κ3) is 5.41. The van der Waals surface area contributed by atoms with E-state index in [-0.39, 0.29) is 6.61 Å². The Labute approximate surface area is 97.0 Å². The van der Waals surface area contributed by atoms with E-state index >= 15 is 0 Å². The molecule has 96 valence electrons. The largest absolute Gasteiger partial charge is 0.469 e. The Morgan fingerprint density at radius 3 is 2.44 bits per heavy atom. The fourth-order valence-electron chi connectivity index (χ4n) is 2.32. The first-order valence-corrected chi connectivity index (χ1v) is 7.50. The molecule has 0 amide bonds. The van der Waals surface area contributed by atoms with Crippen molar-refractivity contribution in [2.24, 2.45) is 0 Å². The molecule has 1 saturated carbocycles. The van der Waals surface area contributed by atoms with E-state index < -0.39 is 7.82 Å². The molecule has 16 heavy (non-hydrogen) atoms. The van der Waals surface area contributed by atoms with Crippen molar-refractivity contribution in [3.8, 4) is 0 Å². The number of likely N-dealkylation sites (N-methyl/N-ethyl adjacent to an activating group) is 1. The van der Waals surface area contributed by atoms with E-state index in [2.05, 4.69) is 16.3 Å². The molecular formula is C10H22NO4P. The molecule has 0 saturated heterocycles. The van der Waals surface area contributed by atoms with Crippen LogP contribution in [-0.2, 0) is 9.09 Å². The van der Waals surface area contributed by atoms with Gasteiger partial charge in [-0.2, -0.15) is 0 Å². The highest BCUT2D eigenvalue weighted by atomic mass is 31.2. The summed E-state index contributed by atoms with van der Waals surface area (Å²) in [5.41, 5.74) is 0. The second-order valence-corrected chi connectivity index (χ2v) is 5.48. The lowest BCUT2D eigenvalue weighted by Crippen LogP contribution is -2.38. The number of nitrogens with zero attached hydrogens (tertiary/aromatic N) is 1. The molecule has 0 aliphatic heterocycles. The van der Waals surface area contributed by atoms with Crippen molar-refractivity contribution in [1.29, 1.82) is 0 Å². The number of phosphoric acid groups is 1. The van der Waals surface area contributed by atoms with Gasteiger partial charge in [0.1, 0.15) is 0 Å². The van der Waals surface area contributed by atoms with Gasteiger partial charge in [-0.15, -0.1) is 0 Å². The van der Waals surface area contributed by atoms with Crippen molar-refractivity contribution >= 4 is 7.82 Å². The van der Waals surface area contributed by atoms with Crippen LogP contribution in [0.5, 0.6) is 0 Å². The SMILES string of the molecule is CCN(CCOP(=O)(O)O)C1CCCCC1. The zero-order valence-electron chi connectivity index (χ0n) is 9.84. The number of phosphoric ester groups is 1. The highest BCUT2D eigenvalue weighted by Crippen LogP contribution is 2.35. The van der Waals surface area contributed by atoms with Crippen LogP contribution in [0.25, 0.3) is 0 Å². The lowest BCUT2D eigenvalue weighted by molar-refractivity contribution is 0.120. The van der Waals surface area contributed by atoms with Gasteiger partial charge in [0.05, 0.1) is 6.61 Å². The molecule has 1 rings (SSSR count). The Morgan fingerprint density at radius 2 is 1.94 bits per heavy atom. The van der Waals surface area contributed by atoms with Crippen molar-refractivity contribution < 1.29 is 18.9 Å². The van der Waals surface area contributed by atoms with Gasteiger partial charge in [-0.3, -0.25) is 9.42 Å². The zero-order chi connectivity index (χ0) is 12.0. The maximum absolute atomic E-state index is 10.5. The quantitative estimate of drug-likeness (QED) is 0.704. The first kappa shape index (κ1) is 14.1. The number of hydrogen-bond acceptors (Lipinski definition) is 3. The molecule has 5 nitrogen and oxygen atoms in total. The van der Waals surface area contributed by atoms with Crippen molar-refractivity contribution in [3.05, 3.63) is 0 Å². The van der Waals surface area contributed by atoms with Crippen LogP contribution < -0.4 is 0 Å². The second-order valence-electron chi connectivity index (χ2n) is 4.24. The summed E-state index contributed by atoms with van der Waals surface area (Å²) in [6.45, 7) is 3.70. The van der Waals surface area contributed by atoms with Crippen molar-refractivity contribution in [2.75, 3.05) is 19.7 Å². The summed E-state index contributed by atoms with van der Waals surface area (Å²) in [5, 5.41) is 0. The Kier molecular flexibility index (Phi) is 5.94. The van der Waals surface area contributed by atoms with Gasteiger partial charge < -0.3 is 9.79 Å². The minimum absolute atomic E-state index is 0.106. The molecule has 1 aliphatic carbocycles. The molecule has 0 atom stereocenters. The minimum Gasteiger partial charge on any atom is -0.303 e. The van der Waals surface area contributed by atoms with Crippen LogP contribution in [0.2, 0.25) is 0 Å². The average Bonchev–Trinajstić information content (AvgIpc) is 2.24. The first-order valence-electron chi connectivity index (χ1n) is 5.97. The standard InChI is InChI=1S/C10H22NO4P/c1-2-11(8-9-15-16(12,13)14)10-6-4-3-5-7-10/h10H,2-9H2,1H3,(H2,12,13,14). The topological polar surface area (TPSA) is 70.0 Å². The molecule has 0 radical (unpaired) electrons. The average molecular weight is 251 g/mol. The predicted molar refractivity (Wildman–Crippen MR) is 62.1 cm³/mol.